The summed E-state index contributed by atoms with van der Waals surface area (Å²) in [6.07, 6.45) is 3.42. The number of rotatable bonds is 5. The molecule has 1 N–H and O–H groups in total. The number of nitrogens with one attached hydrogen (secondary N) is 1. The second-order valence-electron chi connectivity index (χ2n) is 6.37. The molecular formula is C22H17ClN2O4. The standard InChI is InChI=1S/C22H17ClN2O4/c23-17-10-8-15(9-11-17)18-13-19(20-7-4-12-28-20)25(24-18)21(26)14-29-22(27)16-5-2-1-3-6-16/h1-13,19,24H,14H2/t19-/m0/s1. The van der Waals surface area contributed by atoms with Gasteiger partial charge in [-0.3, -0.25) is 10.2 Å². The number of nitrogens with zero attached hydrogens (tertiary/aromatic N) is 1. The van der Waals surface area contributed by atoms with Gasteiger partial charge in [0, 0.05) is 5.02 Å². The Kier molecular flexibility index (Phi) is 5.35. The molecule has 2 heterocycles. The van der Waals surface area contributed by atoms with Crippen LogP contribution in [-0.4, -0.2) is 23.5 Å². The zero-order valence-corrected chi connectivity index (χ0v) is 16.0. The molecule has 1 aromatic heterocycles. The van der Waals surface area contributed by atoms with E-state index in [1.807, 2.05) is 18.2 Å². The third-order valence-corrected chi connectivity index (χ3v) is 4.69. The van der Waals surface area contributed by atoms with Crippen molar-refractivity contribution >= 4 is 29.2 Å². The molecule has 7 heteroatoms. The Morgan fingerprint density at radius 3 is 2.48 bits per heavy atom. The summed E-state index contributed by atoms with van der Waals surface area (Å²) in [6.45, 7) is -0.403. The van der Waals surface area contributed by atoms with Crippen LogP contribution in [0.15, 0.2) is 83.5 Å². The minimum atomic E-state index is -0.557. The SMILES string of the molecule is O=C(OCC(=O)N1NC(c2ccc(Cl)cc2)=C[C@H]1c1ccco1)c1ccccc1. The summed E-state index contributed by atoms with van der Waals surface area (Å²) in [6, 6.07) is 18.8. The molecule has 1 amide bonds. The van der Waals surface area contributed by atoms with Gasteiger partial charge in [-0.15, -0.1) is 0 Å². The second-order valence-corrected chi connectivity index (χ2v) is 6.80. The summed E-state index contributed by atoms with van der Waals surface area (Å²) in [7, 11) is 0. The van der Waals surface area contributed by atoms with Crippen LogP contribution in [0.25, 0.3) is 5.70 Å². The molecule has 0 saturated carbocycles. The van der Waals surface area contributed by atoms with Crippen LogP contribution in [0.2, 0.25) is 5.02 Å². The highest BCUT2D eigenvalue weighted by Gasteiger charge is 2.33. The van der Waals surface area contributed by atoms with Crippen molar-refractivity contribution in [2.45, 2.75) is 6.04 Å². The van der Waals surface area contributed by atoms with Crippen molar-refractivity contribution in [3.63, 3.8) is 0 Å². The molecule has 1 atom stereocenters. The van der Waals surface area contributed by atoms with Gasteiger partial charge >= 0.3 is 5.97 Å². The third kappa shape index (κ3) is 4.17. The van der Waals surface area contributed by atoms with Gasteiger partial charge < -0.3 is 9.15 Å². The van der Waals surface area contributed by atoms with E-state index in [2.05, 4.69) is 5.43 Å². The van der Waals surface area contributed by atoms with Crippen molar-refractivity contribution in [2.75, 3.05) is 6.61 Å². The smallest absolute Gasteiger partial charge is 0.338 e. The summed E-state index contributed by atoms with van der Waals surface area (Å²) in [5.41, 5.74) is 5.06. The van der Waals surface area contributed by atoms with Crippen LogP contribution in [-0.2, 0) is 9.53 Å². The molecule has 0 saturated heterocycles. The highest BCUT2D eigenvalue weighted by molar-refractivity contribution is 6.30. The fraction of sp³-hybridized carbons (Fsp3) is 0.0909. The van der Waals surface area contributed by atoms with Gasteiger partial charge in [0.2, 0.25) is 0 Å². The van der Waals surface area contributed by atoms with Gasteiger partial charge in [-0.1, -0.05) is 41.9 Å². The van der Waals surface area contributed by atoms with Crippen LogP contribution in [0.1, 0.15) is 27.7 Å². The molecule has 0 unspecified atom stereocenters. The van der Waals surface area contributed by atoms with Crippen LogP contribution in [0.3, 0.4) is 0 Å². The van der Waals surface area contributed by atoms with E-state index < -0.39 is 24.5 Å². The average Bonchev–Trinajstić information content (AvgIpc) is 3.43. The fourth-order valence-corrected chi connectivity index (χ4v) is 3.13. The molecule has 3 aromatic rings. The summed E-state index contributed by atoms with van der Waals surface area (Å²) in [5.74, 6) is -0.376. The van der Waals surface area contributed by atoms with E-state index >= 15 is 0 Å². The maximum Gasteiger partial charge on any atom is 0.338 e. The Morgan fingerprint density at radius 1 is 1.03 bits per heavy atom. The minimum absolute atomic E-state index is 0.386. The Balaban J connectivity index is 1.50. The van der Waals surface area contributed by atoms with Crippen LogP contribution < -0.4 is 5.43 Å². The van der Waals surface area contributed by atoms with Crippen molar-refractivity contribution in [3.8, 4) is 0 Å². The lowest BCUT2D eigenvalue weighted by atomic mass is 10.1. The number of ether oxygens (including phenoxy) is 1. The highest BCUT2D eigenvalue weighted by Crippen LogP contribution is 2.32. The van der Waals surface area contributed by atoms with Crippen LogP contribution in [0.4, 0.5) is 0 Å². The number of halogens is 1. The topological polar surface area (TPSA) is 71.8 Å². The predicted molar refractivity (Wildman–Crippen MR) is 108 cm³/mol. The van der Waals surface area contributed by atoms with Crippen molar-refractivity contribution in [2.24, 2.45) is 0 Å². The number of hydrogen-bond donors (Lipinski definition) is 1. The normalized spacial score (nSPS) is 15.6. The lowest BCUT2D eigenvalue weighted by Crippen LogP contribution is -2.41. The van der Waals surface area contributed by atoms with Gasteiger partial charge in [-0.2, -0.15) is 0 Å². The number of amides is 1. The number of hydrazine groups is 1. The zero-order valence-electron chi connectivity index (χ0n) is 15.2. The minimum Gasteiger partial charge on any atom is -0.467 e. The number of esters is 1. The van der Waals surface area contributed by atoms with E-state index in [9.17, 15) is 9.59 Å². The van der Waals surface area contributed by atoms with E-state index in [4.69, 9.17) is 20.8 Å². The molecular weight excluding hydrogens is 392 g/mol. The largest absolute Gasteiger partial charge is 0.467 e. The van der Waals surface area contributed by atoms with Crippen molar-refractivity contribution < 1.29 is 18.7 Å². The predicted octanol–water partition coefficient (Wildman–Crippen LogP) is 4.22. The number of benzene rings is 2. The monoisotopic (exact) mass is 408 g/mol. The Morgan fingerprint density at radius 2 is 1.79 bits per heavy atom. The first-order valence-electron chi connectivity index (χ1n) is 8.94. The zero-order chi connectivity index (χ0) is 20.2. The van der Waals surface area contributed by atoms with Gasteiger partial charge in [0.1, 0.15) is 11.8 Å². The second kappa shape index (κ2) is 8.24. The van der Waals surface area contributed by atoms with Crippen molar-refractivity contribution in [1.29, 1.82) is 0 Å². The Hall–Kier alpha value is -3.51. The quantitative estimate of drug-likeness (QED) is 0.640. The first-order valence-corrected chi connectivity index (χ1v) is 9.31. The highest BCUT2D eigenvalue weighted by atomic mass is 35.5. The molecule has 0 bridgehead atoms. The van der Waals surface area contributed by atoms with E-state index in [1.54, 1.807) is 60.9 Å². The molecule has 4 rings (SSSR count). The molecule has 146 valence electrons. The maximum atomic E-state index is 12.8. The van der Waals surface area contributed by atoms with Crippen LogP contribution in [0, 0.1) is 0 Å². The lowest BCUT2D eigenvalue weighted by Gasteiger charge is -2.23. The van der Waals surface area contributed by atoms with Gasteiger partial charge in [0.05, 0.1) is 17.5 Å². The Bertz CT molecular complexity index is 1030. The molecule has 29 heavy (non-hydrogen) atoms. The van der Waals surface area contributed by atoms with Gasteiger partial charge in [-0.05, 0) is 48.0 Å². The van der Waals surface area contributed by atoms with Crippen LogP contribution in [0.5, 0.6) is 0 Å². The molecule has 0 radical (unpaired) electrons. The number of furan rings is 1. The van der Waals surface area contributed by atoms with Crippen molar-refractivity contribution in [1.82, 2.24) is 10.4 Å². The summed E-state index contributed by atoms with van der Waals surface area (Å²) in [4.78, 5) is 24.9. The molecule has 1 aliphatic rings. The molecule has 6 nitrogen and oxygen atoms in total. The summed E-state index contributed by atoms with van der Waals surface area (Å²) in [5, 5.41) is 2.01. The van der Waals surface area contributed by atoms with E-state index in [-0.39, 0.29) is 0 Å². The summed E-state index contributed by atoms with van der Waals surface area (Å²) < 4.78 is 10.7. The number of hydrogen-bond acceptors (Lipinski definition) is 5. The van der Waals surface area contributed by atoms with Gasteiger partial charge in [0.15, 0.2) is 6.61 Å². The number of carbonyl (C=O) groups is 2. The average molecular weight is 409 g/mol. The van der Waals surface area contributed by atoms with E-state index in [1.165, 1.54) is 5.01 Å². The Labute approximate surface area is 172 Å². The van der Waals surface area contributed by atoms with Crippen LogP contribution >= 0.6 is 11.6 Å². The molecule has 2 aromatic carbocycles. The maximum absolute atomic E-state index is 12.8. The van der Waals surface area contributed by atoms with Crippen molar-refractivity contribution in [3.05, 3.63) is 101 Å². The molecule has 0 fully saturated rings. The first kappa shape index (κ1) is 18.8. The van der Waals surface area contributed by atoms with Gasteiger partial charge in [0.25, 0.3) is 5.91 Å². The molecule has 1 aliphatic heterocycles. The van der Waals surface area contributed by atoms with E-state index in [0.717, 1.165) is 11.3 Å². The van der Waals surface area contributed by atoms with E-state index in [0.29, 0.717) is 16.3 Å². The lowest BCUT2D eigenvalue weighted by molar-refractivity contribution is -0.138. The number of carbonyl (C=O) groups excluding carboxylic acids is 2. The molecule has 0 aliphatic carbocycles. The van der Waals surface area contributed by atoms with Gasteiger partial charge in [-0.25, -0.2) is 9.80 Å². The summed E-state index contributed by atoms with van der Waals surface area (Å²) >= 11 is 5.96. The molecule has 0 spiro atoms. The third-order valence-electron chi connectivity index (χ3n) is 4.44. The first-order chi connectivity index (χ1) is 14.1. The fourth-order valence-electron chi connectivity index (χ4n) is 3.00.